The fraction of sp³-hybridized carbons (Fsp3) is 0.412. The van der Waals surface area contributed by atoms with Crippen molar-refractivity contribution in [3.05, 3.63) is 53.1 Å². The quantitative estimate of drug-likeness (QED) is 0.381. The van der Waals surface area contributed by atoms with Crippen LogP contribution in [0.3, 0.4) is 0 Å². The molecule has 2 rings (SSSR count). The fourth-order valence-electron chi connectivity index (χ4n) is 1.35. The number of hydrogen-bond donors (Lipinski definition) is 1. The van der Waals surface area contributed by atoms with Crippen LogP contribution >= 0.6 is 36.4 Å². The first-order valence-electron chi connectivity index (χ1n) is 6.61. The predicted molar refractivity (Wildman–Crippen MR) is 105 cm³/mol. The van der Waals surface area contributed by atoms with Crippen molar-refractivity contribution in [1.29, 1.82) is 0 Å². The molecule has 1 aromatic carbocycles. The van der Waals surface area contributed by atoms with Gasteiger partial charge < -0.3 is 5.11 Å². The van der Waals surface area contributed by atoms with E-state index in [1.54, 1.807) is 6.07 Å². The summed E-state index contributed by atoms with van der Waals surface area (Å²) in [5.74, 6) is 0.229. The van der Waals surface area contributed by atoms with Crippen LogP contribution in [-0.2, 0) is 27.1 Å². The maximum atomic E-state index is 9.27. The minimum Gasteiger partial charge on any atom is -0.508 e. The number of phenols is 1. The Morgan fingerprint density at radius 1 is 1.13 bits per heavy atom. The summed E-state index contributed by atoms with van der Waals surface area (Å²) in [4.78, 5) is 0. The maximum Gasteiger partial charge on any atom is 0.117 e. The van der Waals surface area contributed by atoms with Crippen molar-refractivity contribution in [2.45, 2.75) is 45.7 Å². The molecule has 130 valence electrons. The van der Waals surface area contributed by atoms with Gasteiger partial charge in [0.05, 0.1) is 0 Å². The van der Waals surface area contributed by atoms with Crippen molar-refractivity contribution >= 4 is 45.9 Å². The molecule has 1 N–H and O–H groups in total. The number of aromatic hydroxyl groups is 1. The van der Waals surface area contributed by atoms with E-state index in [-0.39, 0.29) is 57.7 Å². The smallest absolute Gasteiger partial charge is 0.117 e. The first-order valence-corrected chi connectivity index (χ1v) is 8.99. The van der Waals surface area contributed by atoms with Crippen LogP contribution in [0.15, 0.2) is 36.4 Å². The monoisotopic (exact) mass is 427 g/mol. The number of rotatable bonds is 0. The summed E-state index contributed by atoms with van der Waals surface area (Å²) in [5, 5.41) is 9.86. The Bertz CT molecular complexity index is 427. The van der Waals surface area contributed by atoms with Gasteiger partial charge in [0.25, 0.3) is 0 Å². The molecular formula is C17H26Cl3OSiTi-. The molecule has 23 heavy (non-hydrogen) atoms. The van der Waals surface area contributed by atoms with Crippen molar-refractivity contribution in [2.24, 2.45) is 0 Å². The van der Waals surface area contributed by atoms with Gasteiger partial charge in [-0.05, 0) is 29.2 Å². The van der Waals surface area contributed by atoms with E-state index in [2.05, 4.69) is 46.0 Å². The zero-order chi connectivity index (χ0) is 15.6. The Hall–Kier alpha value is 0.301. The van der Waals surface area contributed by atoms with Gasteiger partial charge in [-0.2, -0.15) is 6.08 Å². The van der Waals surface area contributed by atoms with E-state index in [0.29, 0.717) is 5.02 Å². The molecule has 0 fully saturated rings. The predicted octanol–water partition coefficient (Wildman–Crippen LogP) is 6.28. The Balaban J connectivity index is -0.000000140. The zero-order valence-corrected chi connectivity index (χ0v) is 19.3. The third kappa shape index (κ3) is 16.9. The molecule has 1 aliphatic carbocycles. The van der Waals surface area contributed by atoms with Crippen molar-refractivity contribution in [1.82, 2.24) is 0 Å². The third-order valence-electron chi connectivity index (χ3n) is 2.33. The molecule has 0 bridgehead atoms. The summed E-state index contributed by atoms with van der Waals surface area (Å²) in [6, 6.07) is 5.16. The first kappa shape index (κ1) is 31.1. The second kappa shape index (κ2) is 17.1. The van der Waals surface area contributed by atoms with Crippen molar-refractivity contribution < 1.29 is 26.8 Å². The average Bonchev–Trinajstić information content (AvgIpc) is 2.85. The Morgan fingerprint density at radius 3 is 1.91 bits per heavy atom. The molecule has 0 heterocycles. The molecule has 0 spiro atoms. The molecule has 0 saturated heterocycles. The van der Waals surface area contributed by atoms with E-state index in [1.165, 1.54) is 6.07 Å². The van der Waals surface area contributed by atoms with Crippen molar-refractivity contribution in [3.8, 4) is 5.75 Å². The first-order chi connectivity index (χ1) is 9.31. The second-order valence-corrected chi connectivity index (χ2v) is 6.89. The molecule has 1 aliphatic rings. The summed E-state index contributed by atoms with van der Waals surface area (Å²) in [5.41, 5.74) is 1.08. The topological polar surface area (TPSA) is 20.2 Å². The van der Waals surface area contributed by atoms with E-state index >= 15 is 0 Å². The van der Waals surface area contributed by atoms with Crippen molar-refractivity contribution in [2.75, 3.05) is 0 Å². The van der Waals surface area contributed by atoms with E-state index in [0.717, 1.165) is 21.5 Å². The van der Waals surface area contributed by atoms with Crippen LogP contribution < -0.4 is 0 Å². The number of halogens is 3. The summed E-state index contributed by atoms with van der Waals surface area (Å²) in [6.07, 6.45) is 10.0. The standard InChI is InChI=1S/C10H13ClO.C5H5.C2H6Si.2ClH.Ti/c1-10(2,3)7-4-8(11)6-9(12)5-7;1-2-4-5-3-1;1-3-2;;;/h4-6,12H,1-3H3;1-3H,4H2;1-2H3;2*1H;/q;-1;;;;. The molecule has 0 saturated carbocycles. The SMILES string of the molecule is CC(C)(C)c1cc(O)cc(Cl)c1.C[Si]C.Cl.Cl.[C-]1=CC=CC1.[Ti]. The van der Waals surface area contributed by atoms with Gasteiger partial charge in [-0.15, -0.1) is 31.2 Å². The summed E-state index contributed by atoms with van der Waals surface area (Å²) < 4.78 is 0. The van der Waals surface area contributed by atoms with E-state index in [4.69, 9.17) is 11.6 Å². The Kier molecular flexibility index (Phi) is 23.2. The van der Waals surface area contributed by atoms with Gasteiger partial charge in [0, 0.05) is 36.3 Å². The summed E-state index contributed by atoms with van der Waals surface area (Å²) >= 11 is 5.80. The number of allylic oxidation sites excluding steroid dienone is 4. The minimum atomic E-state index is 0. The van der Waals surface area contributed by atoms with Gasteiger partial charge in [0.1, 0.15) is 5.75 Å². The van der Waals surface area contributed by atoms with Crippen LogP contribution in [0, 0.1) is 6.08 Å². The van der Waals surface area contributed by atoms with Crippen molar-refractivity contribution in [3.63, 3.8) is 0 Å². The normalized spacial score (nSPS) is 10.7. The largest absolute Gasteiger partial charge is 0.508 e. The van der Waals surface area contributed by atoms with Crippen LogP contribution in [0.4, 0.5) is 0 Å². The number of phenolic OH excluding ortho intramolecular Hbond substituents is 1. The molecular weight excluding hydrogens is 402 g/mol. The summed E-state index contributed by atoms with van der Waals surface area (Å²) in [7, 11) is 1.08. The molecule has 0 atom stereocenters. The summed E-state index contributed by atoms with van der Waals surface area (Å²) in [6.45, 7) is 10.5. The van der Waals surface area contributed by atoms with Gasteiger partial charge in [-0.3, -0.25) is 6.08 Å². The number of hydrogen-bond acceptors (Lipinski definition) is 1. The van der Waals surface area contributed by atoms with E-state index < -0.39 is 0 Å². The van der Waals surface area contributed by atoms with Gasteiger partial charge >= 0.3 is 0 Å². The van der Waals surface area contributed by atoms with Gasteiger partial charge in [-0.1, -0.05) is 45.5 Å². The number of benzene rings is 1. The third-order valence-corrected chi connectivity index (χ3v) is 2.55. The minimum absolute atomic E-state index is 0. The molecule has 0 aliphatic heterocycles. The molecule has 1 nitrogen and oxygen atoms in total. The van der Waals surface area contributed by atoms with Crippen LogP contribution in [0.5, 0.6) is 5.75 Å². The Morgan fingerprint density at radius 2 is 1.65 bits per heavy atom. The second-order valence-electron chi connectivity index (χ2n) is 5.45. The average molecular weight is 429 g/mol. The molecule has 1 aromatic rings. The van der Waals surface area contributed by atoms with Gasteiger partial charge in [-0.25, -0.2) is 12.2 Å². The van der Waals surface area contributed by atoms with Crippen LogP contribution in [0.1, 0.15) is 32.8 Å². The Labute approximate surface area is 176 Å². The fourth-order valence-corrected chi connectivity index (χ4v) is 1.58. The molecule has 6 heteroatoms. The van der Waals surface area contributed by atoms with Gasteiger partial charge in [0.2, 0.25) is 0 Å². The molecule has 0 aromatic heterocycles. The van der Waals surface area contributed by atoms with E-state index in [9.17, 15) is 5.11 Å². The van der Waals surface area contributed by atoms with E-state index in [1.807, 2.05) is 18.2 Å². The van der Waals surface area contributed by atoms with Crippen LogP contribution in [-0.4, -0.2) is 14.6 Å². The molecule has 2 radical (unpaired) electrons. The van der Waals surface area contributed by atoms with Crippen LogP contribution in [0.25, 0.3) is 0 Å². The molecule has 0 amide bonds. The maximum absolute atomic E-state index is 9.27. The molecule has 0 unspecified atom stereocenters. The zero-order valence-electron chi connectivity index (χ0n) is 14.3. The van der Waals surface area contributed by atoms with Gasteiger partial charge in [0.15, 0.2) is 0 Å². The van der Waals surface area contributed by atoms with Crippen LogP contribution in [0.2, 0.25) is 18.1 Å².